The fraction of sp³-hybridized carbons (Fsp3) is 0.524. The average Bonchev–Trinajstić information content (AvgIpc) is 2.58. The minimum atomic E-state index is -0.489. The molecule has 0 radical (unpaired) electrons. The Morgan fingerprint density at radius 1 is 1.15 bits per heavy atom. The highest BCUT2D eigenvalue weighted by molar-refractivity contribution is 6.04. The molecule has 0 spiro atoms. The van der Waals surface area contributed by atoms with Crippen LogP contribution in [0.25, 0.3) is 0 Å². The Kier molecular flexibility index (Phi) is 6.52. The van der Waals surface area contributed by atoms with Gasteiger partial charge in [-0.3, -0.25) is 4.79 Å². The van der Waals surface area contributed by atoms with Crippen LogP contribution in [-0.4, -0.2) is 67.0 Å². The molecule has 0 saturated carbocycles. The van der Waals surface area contributed by atoms with Gasteiger partial charge in [-0.05, 0) is 52.0 Å². The first-order chi connectivity index (χ1) is 12.6. The van der Waals surface area contributed by atoms with Crippen molar-refractivity contribution < 1.29 is 14.3 Å². The van der Waals surface area contributed by atoms with Crippen molar-refractivity contribution >= 4 is 17.6 Å². The normalized spacial score (nSPS) is 17.9. The molecular weight excluding hydrogens is 342 g/mol. The van der Waals surface area contributed by atoms with Crippen LogP contribution in [0.5, 0.6) is 0 Å². The summed E-state index contributed by atoms with van der Waals surface area (Å²) in [5.74, 6) is -0.0154. The number of benzene rings is 1. The quantitative estimate of drug-likeness (QED) is 0.598. The molecule has 2 rings (SSSR count). The fourth-order valence-electron chi connectivity index (χ4n) is 2.93. The van der Waals surface area contributed by atoms with E-state index >= 15 is 0 Å². The molecule has 0 unspecified atom stereocenters. The van der Waals surface area contributed by atoms with Gasteiger partial charge in [-0.25, -0.2) is 4.79 Å². The van der Waals surface area contributed by atoms with E-state index in [-0.39, 0.29) is 17.9 Å². The highest BCUT2D eigenvalue weighted by atomic mass is 16.6. The fourth-order valence-corrected chi connectivity index (χ4v) is 2.93. The number of carbonyl (C=O) groups is 2. The molecule has 0 aromatic heterocycles. The van der Waals surface area contributed by atoms with E-state index in [0.717, 1.165) is 18.8 Å². The standard InChI is InChI=1S/C21H31N3O3/c1-16-15-23(13-14-24(16)20(26)27-21(2,3)4)18-9-7-17(8-10-18)19(25)11-12-22(5)6/h7-12,16H,13-15H2,1-6H3/b12-11+/t16-/m0/s1. The van der Waals surface area contributed by atoms with Gasteiger partial charge in [-0.15, -0.1) is 0 Å². The molecule has 1 amide bonds. The van der Waals surface area contributed by atoms with Crippen LogP contribution in [0.15, 0.2) is 36.5 Å². The highest BCUT2D eigenvalue weighted by Gasteiger charge is 2.30. The van der Waals surface area contributed by atoms with Crippen molar-refractivity contribution in [2.75, 3.05) is 38.6 Å². The number of ether oxygens (including phenoxy) is 1. The average molecular weight is 373 g/mol. The molecule has 1 aromatic carbocycles. The summed E-state index contributed by atoms with van der Waals surface area (Å²) in [6.07, 6.45) is 3.05. The lowest BCUT2D eigenvalue weighted by Gasteiger charge is -2.41. The topological polar surface area (TPSA) is 53.1 Å². The van der Waals surface area contributed by atoms with Crippen LogP contribution in [0.4, 0.5) is 10.5 Å². The molecular formula is C21H31N3O3. The number of piperazine rings is 1. The summed E-state index contributed by atoms with van der Waals surface area (Å²) in [6.45, 7) is 9.74. The van der Waals surface area contributed by atoms with Gasteiger partial charge in [0, 0.05) is 63.3 Å². The Labute approximate surface area is 162 Å². The molecule has 0 bridgehead atoms. The summed E-state index contributed by atoms with van der Waals surface area (Å²) in [4.78, 5) is 30.3. The highest BCUT2D eigenvalue weighted by Crippen LogP contribution is 2.22. The van der Waals surface area contributed by atoms with Crippen molar-refractivity contribution in [1.82, 2.24) is 9.80 Å². The van der Waals surface area contributed by atoms with Crippen LogP contribution in [0.3, 0.4) is 0 Å². The molecule has 1 heterocycles. The van der Waals surface area contributed by atoms with Gasteiger partial charge in [-0.1, -0.05) is 0 Å². The number of hydrogen-bond donors (Lipinski definition) is 0. The largest absolute Gasteiger partial charge is 0.444 e. The molecule has 0 N–H and O–H groups in total. The second kappa shape index (κ2) is 8.46. The molecule has 148 valence electrons. The Morgan fingerprint density at radius 2 is 1.78 bits per heavy atom. The van der Waals surface area contributed by atoms with Crippen molar-refractivity contribution in [3.63, 3.8) is 0 Å². The molecule has 1 atom stereocenters. The molecule has 1 aliphatic rings. The number of hydrogen-bond acceptors (Lipinski definition) is 5. The van der Waals surface area contributed by atoms with E-state index < -0.39 is 5.60 Å². The molecule has 6 heteroatoms. The Hall–Kier alpha value is -2.50. The predicted molar refractivity (Wildman–Crippen MR) is 108 cm³/mol. The summed E-state index contributed by atoms with van der Waals surface area (Å²) in [5, 5.41) is 0. The van der Waals surface area contributed by atoms with Crippen LogP contribution in [-0.2, 0) is 4.74 Å². The van der Waals surface area contributed by atoms with Crippen molar-refractivity contribution in [1.29, 1.82) is 0 Å². The van der Waals surface area contributed by atoms with E-state index in [1.54, 1.807) is 17.2 Å². The SMILES string of the molecule is C[C@H]1CN(c2ccc(C(=O)/C=C/N(C)C)cc2)CCN1C(=O)OC(C)(C)C. The molecule has 6 nitrogen and oxygen atoms in total. The van der Waals surface area contributed by atoms with Gasteiger partial charge >= 0.3 is 6.09 Å². The van der Waals surface area contributed by atoms with E-state index in [2.05, 4.69) is 4.90 Å². The Morgan fingerprint density at radius 3 is 2.30 bits per heavy atom. The van der Waals surface area contributed by atoms with Crippen molar-refractivity contribution in [2.24, 2.45) is 0 Å². The molecule has 0 aliphatic carbocycles. The lowest BCUT2D eigenvalue weighted by atomic mass is 10.1. The lowest BCUT2D eigenvalue weighted by molar-refractivity contribution is 0.0159. The number of rotatable bonds is 4. The first-order valence-corrected chi connectivity index (χ1v) is 9.30. The van der Waals surface area contributed by atoms with Gasteiger partial charge < -0.3 is 19.4 Å². The summed E-state index contributed by atoms with van der Waals surface area (Å²) in [5.41, 5.74) is 1.23. The summed E-state index contributed by atoms with van der Waals surface area (Å²) < 4.78 is 5.49. The van der Waals surface area contributed by atoms with Crippen LogP contribution in [0.1, 0.15) is 38.1 Å². The van der Waals surface area contributed by atoms with Crippen molar-refractivity contribution in [3.05, 3.63) is 42.1 Å². The second-order valence-corrected chi connectivity index (χ2v) is 8.16. The summed E-state index contributed by atoms with van der Waals surface area (Å²) in [7, 11) is 3.76. The third kappa shape index (κ3) is 6.01. The number of allylic oxidation sites excluding steroid dienone is 1. The summed E-state index contributed by atoms with van der Waals surface area (Å²) in [6, 6.07) is 7.68. The minimum Gasteiger partial charge on any atom is -0.444 e. The van der Waals surface area contributed by atoms with E-state index in [1.165, 1.54) is 0 Å². The van der Waals surface area contributed by atoms with E-state index in [0.29, 0.717) is 12.1 Å². The van der Waals surface area contributed by atoms with Crippen LogP contribution in [0, 0.1) is 0 Å². The van der Waals surface area contributed by atoms with Gasteiger partial charge in [0.05, 0.1) is 0 Å². The zero-order chi connectivity index (χ0) is 20.2. The third-order valence-corrected chi connectivity index (χ3v) is 4.30. The Bertz CT molecular complexity index is 690. The zero-order valence-corrected chi connectivity index (χ0v) is 17.2. The maximum Gasteiger partial charge on any atom is 0.410 e. The van der Waals surface area contributed by atoms with Gasteiger partial charge in [-0.2, -0.15) is 0 Å². The monoisotopic (exact) mass is 373 g/mol. The minimum absolute atomic E-state index is 0.0154. The molecule has 1 fully saturated rings. The third-order valence-electron chi connectivity index (χ3n) is 4.30. The van der Waals surface area contributed by atoms with E-state index in [1.807, 2.05) is 71.0 Å². The molecule has 1 aliphatic heterocycles. The molecule has 1 saturated heterocycles. The van der Waals surface area contributed by atoms with E-state index in [9.17, 15) is 9.59 Å². The number of ketones is 1. The van der Waals surface area contributed by atoms with Gasteiger partial charge in [0.25, 0.3) is 0 Å². The zero-order valence-electron chi connectivity index (χ0n) is 17.2. The van der Waals surface area contributed by atoms with Crippen LogP contribution in [0.2, 0.25) is 0 Å². The lowest BCUT2D eigenvalue weighted by Crippen LogP contribution is -2.55. The maximum absolute atomic E-state index is 12.3. The van der Waals surface area contributed by atoms with Crippen molar-refractivity contribution in [2.45, 2.75) is 39.3 Å². The van der Waals surface area contributed by atoms with Crippen molar-refractivity contribution in [3.8, 4) is 0 Å². The van der Waals surface area contributed by atoms with Gasteiger partial charge in [0.1, 0.15) is 5.60 Å². The van der Waals surface area contributed by atoms with Crippen LogP contribution < -0.4 is 4.90 Å². The number of nitrogens with zero attached hydrogens (tertiary/aromatic N) is 3. The Balaban J connectivity index is 1.99. The maximum atomic E-state index is 12.3. The van der Waals surface area contributed by atoms with Crippen LogP contribution >= 0.6 is 0 Å². The number of carbonyl (C=O) groups excluding carboxylic acids is 2. The number of amides is 1. The smallest absolute Gasteiger partial charge is 0.410 e. The van der Waals surface area contributed by atoms with Gasteiger partial charge in [0.2, 0.25) is 0 Å². The predicted octanol–water partition coefficient (Wildman–Crippen LogP) is 3.39. The molecule has 27 heavy (non-hydrogen) atoms. The second-order valence-electron chi connectivity index (χ2n) is 8.16. The first-order valence-electron chi connectivity index (χ1n) is 9.30. The molecule has 1 aromatic rings. The summed E-state index contributed by atoms with van der Waals surface area (Å²) >= 11 is 0. The van der Waals surface area contributed by atoms with Gasteiger partial charge in [0.15, 0.2) is 5.78 Å². The van der Waals surface area contributed by atoms with E-state index in [4.69, 9.17) is 4.74 Å². The first kappa shape index (κ1) is 20.8. The number of anilines is 1.